The molecular weight excluding hydrogens is 362 g/mol. The van der Waals surface area contributed by atoms with Gasteiger partial charge in [-0.15, -0.1) is 0 Å². The van der Waals surface area contributed by atoms with Crippen LogP contribution in [0.15, 0.2) is 46.1 Å². The minimum Gasteiger partial charge on any atom is -0.394 e. The maximum atomic E-state index is 12.1. The number of para-hydroxylation sites is 1. The SMILES string of the molecule is O=c1ccn([C@@H]2O[C@H](CO)[C@@H](O)[C@]2(O)Cc2ccccc2[N+](=O)[O-])c(=O)[nH]1. The van der Waals surface area contributed by atoms with Gasteiger partial charge in [0.2, 0.25) is 0 Å². The predicted molar refractivity (Wildman–Crippen MR) is 90.1 cm³/mol. The summed E-state index contributed by atoms with van der Waals surface area (Å²) in [6, 6.07) is 6.65. The molecule has 1 aromatic heterocycles. The number of aliphatic hydroxyl groups excluding tert-OH is 2. The lowest BCUT2D eigenvalue weighted by molar-refractivity contribution is -0.385. The Bertz CT molecular complexity index is 970. The summed E-state index contributed by atoms with van der Waals surface area (Å²) in [5.74, 6) is 0. The molecule has 0 radical (unpaired) electrons. The van der Waals surface area contributed by atoms with Gasteiger partial charge in [0.25, 0.3) is 11.2 Å². The molecule has 144 valence electrons. The number of hydrogen-bond acceptors (Lipinski definition) is 8. The second-order valence-electron chi connectivity index (χ2n) is 6.23. The number of hydrogen-bond donors (Lipinski definition) is 4. The zero-order valence-electron chi connectivity index (χ0n) is 13.9. The first-order chi connectivity index (χ1) is 12.8. The van der Waals surface area contributed by atoms with Crippen LogP contribution in [0.4, 0.5) is 5.69 Å². The predicted octanol–water partition coefficient (Wildman–Crippen LogP) is -1.33. The molecule has 0 bridgehead atoms. The van der Waals surface area contributed by atoms with Crippen molar-refractivity contribution in [3.8, 4) is 0 Å². The minimum absolute atomic E-state index is 0.105. The van der Waals surface area contributed by atoms with Gasteiger partial charge < -0.3 is 20.1 Å². The molecule has 1 aromatic carbocycles. The van der Waals surface area contributed by atoms with E-state index in [9.17, 15) is 35.0 Å². The molecular formula is C16H17N3O8. The molecule has 0 amide bonds. The average molecular weight is 379 g/mol. The number of benzene rings is 1. The molecule has 1 saturated heterocycles. The molecule has 11 heteroatoms. The Labute approximate surface area is 151 Å². The molecule has 27 heavy (non-hydrogen) atoms. The van der Waals surface area contributed by atoms with Crippen LogP contribution in [0.5, 0.6) is 0 Å². The number of nitrogens with one attached hydrogen (secondary N) is 1. The molecule has 2 aromatic rings. The molecule has 4 N–H and O–H groups in total. The van der Waals surface area contributed by atoms with Crippen LogP contribution in [0.3, 0.4) is 0 Å². The van der Waals surface area contributed by atoms with Crippen LogP contribution in [0.2, 0.25) is 0 Å². The standard InChI is InChI=1S/C16H17N3O8/c20-8-11-13(22)16(24,7-9-3-1-2-4-10(9)19(25)26)14(27-11)18-6-5-12(21)17-15(18)23/h1-6,11,13-14,20,22,24H,7-8H2,(H,17,21,23)/t11-,13-,14-,16-/m1/s1. The van der Waals surface area contributed by atoms with Gasteiger partial charge in [0, 0.05) is 30.3 Å². The zero-order valence-corrected chi connectivity index (χ0v) is 13.9. The molecule has 1 aliphatic rings. The van der Waals surface area contributed by atoms with Gasteiger partial charge in [-0.2, -0.15) is 0 Å². The van der Waals surface area contributed by atoms with Crippen LogP contribution in [0, 0.1) is 10.1 Å². The molecule has 1 aliphatic heterocycles. The Balaban J connectivity index is 2.09. The van der Waals surface area contributed by atoms with Crippen LogP contribution in [0.25, 0.3) is 0 Å². The average Bonchev–Trinajstić information content (AvgIpc) is 2.86. The van der Waals surface area contributed by atoms with Gasteiger partial charge in [-0.25, -0.2) is 4.79 Å². The highest BCUT2D eigenvalue weighted by atomic mass is 16.6. The monoisotopic (exact) mass is 379 g/mol. The Hall–Kier alpha value is -2.86. The van der Waals surface area contributed by atoms with Crippen LogP contribution in [-0.4, -0.2) is 54.2 Å². The first kappa shape index (κ1) is 18.9. The van der Waals surface area contributed by atoms with E-state index in [-0.39, 0.29) is 11.3 Å². The third-order valence-corrected chi connectivity index (χ3v) is 4.54. The summed E-state index contributed by atoms with van der Waals surface area (Å²) in [6.45, 7) is -0.658. The molecule has 0 unspecified atom stereocenters. The summed E-state index contributed by atoms with van der Waals surface area (Å²) in [5, 5.41) is 42.3. The molecule has 4 atom stereocenters. The quantitative estimate of drug-likeness (QED) is 0.366. The van der Waals surface area contributed by atoms with Crippen LogP contribution >= 0.6 is 0 Å². The highest BCUT2D eigenvalue weighted by Crippen LogP contribution is 2.41. The van der Waals surface area contributed by atoms with Gasteiger partial charge in [0.05, 0.1) is 11.5 Å². The second-order valence-corrected chi connectivity index (χ2v) is 6.23. The molecule has 0 aliphatic carbocycles. The van der Waals surface area contributed by atoms with E-state index >= 15 is 0 Å². The van der Waals surface area contributed by atoms with E-state index in [1.165, 1.54) is 24.3 Å². The van der Waals surface area contributed by atoms with Crippen molar-refractivity contribution in [3.63, 3.8) is 0 Å². The van der Waals surface area contributed by atoms with Gasteiger partial charge in [-0.1, -0.05) is 18.2 Å². The summed E-state index contributed by atoms with van der Waals surface area (Å²) in [5.41, 5.74) is -3.93. The van der Waals surface area contributed by atoms with Crippen molar-refractivity contribution in [2.24, 2.45) is 0 Å². The van der Waals surface area contributed by atoms with Gasteiger partial charge in [0.15, 0.2) is 6.23 Å². The Morgan fingerprint density at radius 1 is 1.30 bits per heavy atom. The molecule has 0 spiro atoms. The van der Waals surface area contributed by atoms with Crippen LogP contribution in [0.1, 0.15) is 11.8 Å². The van der Waals surface area contributed by atoms with E-state index in [0.717, 1.165) is 16.8 Å². The lowest BCUT2D eigenvalue weighted by atomic mass is 9.86. The fourth-order valence-electron chi connectivity index (χ4n) is 3.22. The molecule has 11 nitrogen and oxygen atoms in total. The smallest absolute Gasteiger partial charge is 0.330 e. The Morgan fingerprint density at radius 3 is 2.63 bits per heavy atom. The maximum Gasteiger partial charge on any atom is 0.330 e. The second kappa shape index (κ2) is 7.04. The molecule has 0 saturated carbocycles. The first-order valence-corrected chi connectivity index (χ1v) is 7.98. The van der Waals surface area contributed by atoms with E-state index in [1.54, 1.807) is 0 Å². The molecule has 1 fully saturated rings. The minimum atomic E-state index is -2.18. The summed E-state index contributed by atoms with van der Waals surface area (Å²) in [6.07, 6.45) is -3.73. The van der Waals surface area contributed by atoms with Crippen LogP contribution in [-0.2, 0) is 11.2 Å². The highest BCUT2D eigenvalue weighted by molar-refractivity contribution is 5.41. The van der Waals surface area contributed by atoms with Crippen molar-refractivity contribution in [3.05, 3.63) is 73.0 Å². The van der Waals surface area contributed by atoms with Crippen molar-refractivity contribution in [1.82, 2.24) is 9.55 Å². The number of nitro benzene ring substituents is 1. The summed E-state index contributed by atoms with van der Waals surface area (Å²) in [4.78, 5) is 36.0. The number of aromatic amines is 1. The van der Waals surface area contributed by atoms with Crippen molar-refractivity contribution in [2.75, 3.05) is 6.61 Å². The van der Waals surface area contributed by atoms with Gasteiger partial charge >= 0.3 is 5.69 Å². The number of ether oxygens (including phenoxy) is 1. The van der Waals surface area contributed by atoms with E-state index in [0.29, 0.717) is 0 Å². The van der Waals surface area contributed by atoms with E-state index in [1.807, 2.05) is 4.98 Å². The number of aliphatic hydroxyl groups is 3. The third kappa shape index (κ3) is 3.28. The molecule has 2 heterocycles. The first-order valence-electron chi connectivity index (χ1n) is 7.98. The number of rotatable bonds is 5. The lowest BCUT2D eigenvalue weighted by Gasteiger charge is -2.31. The normalized spacial score (nSPS) is 27.6. The lowest BCUT2D eigenvalue weighted by Crippen LogP contribution is -2.50. The largest absolute Gasteiger partial charge is 0.394 e. The fourth-order valence-corrected chi connectivity index (χ4v) is 3.22. The number of aromatic nitrogens is 2. The van der Waals surface area contributed by atoms with Crippen molar-refractivity contribution in [1.29, 1.82) is 0 Å². The van der Waals surface area contributed by atoms with Gasteiger partial charge in [-0.05, 0) is 0 Å². The van der Waals surface area contributed by atoms with E-state index < -0.39 is 53.2 Å². The van der Waals surface area contributed by atoms with Crippen LogP contribution < -0.4 is 11.2 Å². The van der Waals surface area contributed by atoms with Gasteiger partial charge in [-0.3, -0.25) is 24.5 Å². The zero-order chi connectivity index (χ0) is 19.8. The third-order valence-electron chi connectivity index (χ3n) is 4.54. The number of nitro groups is 1. The van der Waals surface area contributed by atoms with Crippen molar-refractivity contribution in [2.45, 2.75) is 30.5 Å². The van der Waals surface area contributed by atoms with Crippen molar-refractivity contribution < 1.29 is 25.0 Å². The Morgan fingerprint density at radius 2 is 2.00 bits per heavy atom. The summed E-state index contributed by atoms with van der Waals surface area (Å²) in [7, 11) is 0. The number of H-pyrrole nitrogens is 1. The van der Waals surface area contributed by atoms with Gasteiger partial charge in [0.1, 0.15) is 17.8 Å². The van der Waals surface area contributed by atoms with Crippen molar-refractivity contribution >= 4 is 5.69 Å². The highest BCUT2D eigenvalue weighted by Gasteiger charge is 2.56. The maximum absolute atomic E-state index is 12.1. The Kier molecular flexibility index (Phi) is 4.93. The topological polar surface area (TPSA) is 168 Å². The summed E-state index contributed by atoms with van der Waals surface area (Å²) >= 11 is 0. The number of nitrogens with zero attached hydrogens (tertiary/aromatic N) is 2. The van der Waals surface area contributed by atoms with E-state index in [2.05, 4.69) is 0 Å². The fraction of sp³-hybridized carbons (Fsp3) is 0.375. The summed E-state index contributed by atoms with van der Waals surface area (Å²) < 4.78 is 6.30. The van der Waals surface area contributed by atoms with E-state index in [4.69, 9.17) is 4.74 Å². The molecule has 3 rings (SSSR count).